The fraction of sp³-hybridized carbons (Fsp3) is 0.526. The predicted molar refractivity (Wildman–Crippen MR) is 106 cm³/mol. The lowest BCUT2D eigenvalue weighted by Gasteiger charge is -2.20. The molecule has 2 aromatic heterocycles. The zero-order valence-corrected chi connectivity index (χ0v) is 16.7. The average molecular weight is 353 g/mol. The van der Waals surface area contributed by atoms with Crippen LogP contribution in [0.2, 0.25) is 0 Å². The van der Waals surface area contributed by atoms with E-state index in [0.29, 0.717) is 11.6 Å². The van der Waals surface area contributed by atoms with Gasteiger partial charge in [-0.3, -0.25) is 0 Å². The van der Waals surface area contributed by atoms with Gasteiger partial charge in [-0.05, 0) is 39.8 Å². The van der Waals surface area contributed by atoms with Gasteiger partial charge in [0.1, 0.15) is 11.5 Å². The molecule has 0 atom stereocenters. The van der Waals surface area contributed by atoms with Crippen molar-refractivity contribution in [2.24, 2.45) is 15.5 Å². The standard InChI is InChI=1S/C19H27N7/c1-8-25(9-2)15-11-10-14(12(3)20-15)22-16-17(19(5,6)7)24-26-18(16)21-13(4)23-26/h10-11H,8-9H2,1-7H3. The van der Waals surface area contributed by atoms with Gasteiger partial charge in [0.25, 0.3) is 0 Å². The molecule has 7 heteroatoms. The number of hydrogen-bond donors (Lipinski definition) is 0. The number of aromatic nitrogens is 4. The molecular weight excluding hydrogens is 326 g/mol. The van der Waals surface area contributed by atoms with Gasteiger partial charge in [0.05, 0.1) is 17.1 Å². The maximum atomic E-state index is 4.89. The molecule has 138 valence electrons. The lowest BCUT2D eigenvalue weighted by Crippen LogP contribution is -2.27. The summed E-state index contributed by atoms with van der Waals surface area (Å²) in [6.07, 6.45) is 0. The van der Waals surface area contributed by atoms with Crippen molar-refractivity contribution in [1.29, 1.82) is 0 Å². The van der Waals surface area contributed by atoms with Crippen LogP contribution in [0, 0.1) is 19.3 Å². The van der Waals surface area contributed by atoms with Crippen LogP contribution in [0.15, 0.2) is 22.2 Å². The van der Waals surface area contributed by atoms with Gasteiger partial charge in [-0.2, -0.15) is 5.10 Å². The first-order valence-corrected chi connectivity index (χ1v) is 9.09. The number of aryl methyl sites for hydroxylation is 2. The number of aliphatic imine (C=N–C) groups is 1. The third-order valence-corrected chi connectivity index (χ3v) is 4.40. The molecule has 7 nitrogen and oxygen atoms in total. The highest BCUT2D eigenvalue weighted by Gasteiger charge is 2.34. The average Bonchev–Trinajstić information content (AvgIpc) is 3.08. The van der Waals surface area contributed by atoms with Gasteiger partial charge in [0.15, 0.2) is 5.82 Å². The van der Waals surface area contributed by atoms with Gasteiger partial charge in [0.2, 0.25) is 5.82 Å². The quantitative estimate of drug-likeness (QED) is 0.843. The molecule has 1 aliphatic heterocycles. The summed E-state index contributed by atoms with van der Waals surface area (Å²) in [4.78, 5) is 18.0. The molecule has 0 aromatic carbocycles. The van der Waals surface area contributed by atoms with Crippen LogP contribution >= 0.6 is 0 Å². The van der Waals surface area contributed by atoms with Crippen molar-refractivity contribution < 1.29 is 0 Å². The second-order valence-corrected chi connectivity index (χ2v) is 7.48. The zero-order valence-electron chi connectivity index (χ0n) is 16.7. The highest BCUT2D eigenvalue weighted by atomic mass is 15.6. The smallest absolute Gasteiger partial charge is 0.204 e. The maximum absolute atomic E-state index is 4.89. The van der Waals surface area contributed by atoms with Gasteiger partial charge in [-0.25, -0.2) is 15.0 Å². The Morgan fingerprint density at radius 3 is 2.35 bits per heavy atom. The van der Waals surface area contributed by atoms with Crippen LogP contribution in [0.3, 0.4) is 0 Å². The Kier molecular flexibility index (Phi) is 4.64. The number of rotatable bonds is 4. The zero-order chi connectivity index (χ0) is 19.1. The molecule has 0 unspecified atom stereocenters. The number of pyridine rings is 1. The summed E-state index contributed by atoms with van der Waals surface area (Å²) in [5.41, 5.74) is 3.24. The molecule has 3 heterocycles. The maximum Gasteiger partial charge on any atom is 0.204 e. The highest BCUT2D eigenvalue weighted by molar-refractivity contribution is 6.50. The third kappa shape index (κ3) is 3.25. The van der Waals surface area contributed by atoms with Gasteiger partial charge < -0.3 is 4.90 Å². The Bertz CT molecular complexity index is 880. The summed E-state index contributed by atoms with van der Waals surface area (Å²) in [5.74, 6) is 2.36. The summed E-state index contributed by atoms with van der Waals surface area (Å²) >= 11 is 0. The first kappa shape index (κ1) is 18.2. The van der Waals surface area contributed by atoms with E-state index in [9.17, 15) is 0 Å². The second kappa shape index (κ2) is 6.63. The number of nitrogens with zero attached hydrogens (tertiary/aromatic N) is 7. The second-order valence-electron chi connectivity index (χ2n) is 7.48. The summed E-state index contributed by atoms with van der Waals surface area (Å²) in [7, 11) is 0. The first-order chi connectivity index (χ1) is 12.2. The van der Waals surface area contributed by atoms with E-state index in [4.69, 9.17) is 9.98 Å². The van der Waals surface area contributed by atoms with Crippen molar-refractivity contribution in [1.82, 2.24) is 19.9 Å². The SMILES string of the molecule is CCN(CC)c1ccc(N=C2C(C(C)(C)C)=Nn3nc(C)nc32)c(C)n1. The summed E-state index contributed by atoms with van der Waals surface area (Å²) in [6, 6.07) is 4.05. The monoisotopic (exact) mass is 353 g/mol. The van der Waals surface area contributed by atoms with Crippen molar-refractivity contribution in [3.63, 3.8) is 0 Å². The van der Waals surface area contributed by atoms with E-state index in [1.807, 2.05) is 26.0 Å². The molecule has 1 aliphatic rings. The lowest BCUT2D eigenvalue weighted by atomic mass is 9.87. The lowest BCUT2D eigenvalue weighted by molar-refractivity contribution is 0.589. The first-order valence-electron chi connectivity index (χ1n) is 9.09. The molecule has 3 rings (SSSR count). The van der Waals surface area contributed by atoms with Crippen LogP contribution in [0.5, 0.6) is 0 Å². The molecule has 0 aliphatic carbocycles. The number of hydrogen-bond acceptors (Lipinski definition) is 6. The molecule has 0 saturated carbocycles. The van der Waals surface area contributed by atoms with Crippen LogP contribution in [0.25, 0.3) is 0 Å². The van der Waals surface area contributed by atoms with E-state index in [-0.39, 0.29) is 5.41 Å². The summed E-state index contributed by atoms with van der Waals surface area (Å²) < 4.78 is 0. The molecule has 0 N–H and O–H groups in total. The molecule has 2 aromatic rings. The van der Waals surface area contributed by atoms with Gasteiger partial charge in [-0.1, -0.05) is 20.8 Å². The Morgan fingerprint density at radius 2 is 1.77 bits per heavy atom. The fourth-order valence-corrected chi connectivity index (χ4v) is 2.98. The molecule has 26 heavy (non-hydrogen) atoms. The third-order valence-electron chi connectivity index (χ3n) is 4.40. The van der Waals surface area contributed by atoms with Crippen LogP contribution < -0.4 is 4.90 Å². The number of anilines is 1. The van der Waals surface area contributed by atoms with E-state index in [1.54, 1.807) is 4.79 Å². The van der Waals surface area contributed by atoms with Gasteiger partial charge >= 0.3 is 0 Å². The molecular formula is C19H27N7. The Morgan fingerprint density at radius 1 is 1.08 bits per heavy atom. The van der Waals surface area contributed by atoms with Crippen LogP contribution in [0.1, 0.15) is 52.0 Å². The Hall–Kier alpha value is -2.57. The van der Waals surface area contributed by atoms with Crippen molar-refractivity contribution in [3.05, 3.63) is 29.5 Å². The highest BCUT2D eigenvalue weighted by Crippen LogP contribution is 2.28. The molecule has 0 bridgehead atoms. The minimum Gasteiger partial charge on any atom is -0.357 e. The topological polar surface area (TPSA) is 71.6 Å². The van der Waals surface area contributed by atoms with Crippen molar-refractivity contribution in [2.45, 2.75) is 48.5 Å². The number of fused-ring (bicyclic) bond motifs is 1. The van der Waals surface area contributed by atoms with E-state index < -0.39 is 0 Å². The molecule has 0 radical (unpaired) electrons. The summed E-state index contributed by atoms with van der Waals surface area (Å²) in [6.45, 7) is 16.3. The largest absolute Gasteiger partial charge is 0.357 e. The van der Waals surface area contributed by atoms with Crippen molar-refractivity contribution in [2.75, 3.05) is 18.0 Å². The Balaban J connectivity index is 2.06. The Labute approximate surface area is 154 Å². The van der Waals surface area contributed by atoms with Crippen molar-refractivity contribution >= 4 is 22.9 Å². The van der Waals surface area contributed by atoms with E-state index in [1.165, 1.54) is 0 Å². The van der Waals surface area contributed by atoms with E-state index >= 15 is 0 Å². The fourth-order valence-electron chi connectivity index (χ4n) is 2.98. The van der Waals surface area contributed by atoms with Crippen LogP contribution in [-0.2, 0) is 0 Å². The van der Waals surface area contributed by atoms with Crippen molar-refractivity contribution in [3.8, 4) is 0 Å². The normalized spacial score (nSPS) is 15.3. The van der Waals surface area contributed by atoms with Crippen LogP contribution in [-0.4, -0.2) is 44.4 Å². The van der Waals surface area contributed by atoms with E-state index in [0.717, 1.165) is 41.7 Å². The molecule has 0 spiro atoms. The predicted octanol–water partition coefficient (Wildman–Crippen LogP) is 3.52. The minimum absolute atomic E-state index is 0.155. The van der Waals surface area contributed by atoms with Gasteiger partial charge in [0, 0.05) is 18.5 Å². The van der Waals surface area contributed by atoms with Crippen LogP contribution in [0.4, 0.5) is 11.5 Å². The molecule has 0 amide bonds. The van der Waals surface area contributed by atoms with Gasteiger partial charge in [-0.15, -0.1) is 9.89 Å². The molecule has 0 saturated heterocycles. The van der Waals surface area contributed by atoms with E-state index in [2.05, 4.69) is 54.7 Å². The molecule has 0 fully saturated rings. The summed E-state index contributed by atoms with van der Waals surface area (Å²) in [5, 5.41) is 8.97. The minimum atomic E-state index is -0.155.